The maximum absolute atomic E-state index is 9.02. The number of rotatable bonds is 8. The molecule has 5 nitrogen and oxygen atoms in total. The van der Waals surface area contributed by atoms with Crippen molar-refractivity contribution in [2.45, 2.75) is 25.8 Å². The van der Waals surface area contributed by atoms with Gasteiger partial charge in [-0.15, -0.1) is 0 Å². The van der Waals surface area contributed by atoms with Gasteiger partial charge in [-0.2, -0.15) is 0 Å². The van der Waals surface area contributed by atoms with E-state index in [4.69, 9.17) is 38.0 Å². The molecule has 0 radical (unpaired) electrons. The fourth-order valence-corrected chi connectivity index (χ4v) is 4.96. The topological polar surface area (TPSA) is 48.8 Å². The zero-order valence-electron chi connectivity index (χ0n) is 19.6. The molecule has 1 aromatic heterocycles. The first-order valence-electron chi connectivity index (χ1n) is 11.7. The normalized spacial score (nSPS) is 17.6. The van der Waals surface area contributed by atoms with Gasteiger partial charge in [-0.25, -0.2) is 0 Å². The third-order valence-corrected chi connectivity index (χ3v) is 6.81. The van der Waals surface area contributed by atoms with Gasteiger partial charge in [0.25, 0.3) is 0 Å². The Bertz CT molecular complexity index is 1090. The Balaban J connectivity index is 1.56. The first-order valence-corrected chi connectivity index (χ1v) is 12.4. The van der Waals surface area contributed by atoms with E-state index in [0.717, 1.165) is 48.3 Å². The van der Waals surface area contributed by atoms with Crippen molar-refractivity contribution in [1.29, 1.82) is 0 Å². The predicted molar refractivity (Wildman–Crippen MR) is 139 cm³/mol. The van der Waals surface area contributed by atoms with Gasteiger partial charge in [0, 0.05) is 54.6 Å². The first-order chi connectivity index (χ1) is 16.4. The molecule has 1 saturated heterocycles. The van der Waals surface area contributed by atoms with E-state index in [-0.39, 0.29) is 19.3 Å². The van der Waals surface area contributed by atoms with E-state index in [1.807, 2.05) is 43.3 Å². The van der Waals surface area contributed by atoms with Gasteiger partial charge in [-0.3, -0.25) is 9.88 Å². The molecule has 1 aliphatic rings. The minimum atomic E-state index is -0.0313. The van der Waals surface area contributed by atoms with Crippen molar-refractivity contribution in [2.24, 2.45) is 0 Å². The van der Waals surface area contributed by atoms with Crippen LogP contribution in [0.5, 0.6) is 5.75 Å². The number of aliphatic hydroxyl groups is 1. The zero-order valence-corrected chi connectivity index (χ0v) is 21.1. The fourth-order valence-electron chi connectivity index (χ4n) is 4.56. The second kappa shape index (κ2) is 11.4. The number of benzene rings is 2. The standard InChI is InChI=1S/C27H31Cl2N3O2/c1-19(25-5-3-4-20(2)30-25)17-31-12-13-32(27(18-31)21-6-8-22(28)9-7-21)26-11-10-23(16-24(26)29)34-15-14-33/h3-11,16,19,27,33H,12-15,17-18H2,1-2H3/t19-,27-/m0/s1. The van der Waals surface area contributed by atoms with Gasteiger partial charge in [0.05, 0.1) is 23.4 Å². The molecule has 2 atom stereocenters. The van der Waals surface area contributed by atoms with Crippen molar-refractivity contribution in [3.63, 3.8) is 0 Å². The monoisotopic (exact) mass is 499 g/mol. The van der Waals surface area contributed by atoms with Gasteiger partial charge < -0.3 is 14.7 Å². The van der Waals surface area contributed by atoms with E-state index in [2.05, 4.69) is 41.0 Å². The number of hydrogen-bond donors (Lipinski definition) is 1. The summed E-state index contributed by atoms with van der Waals surface area (Å²) in [6, 6.07) is 20.2. The summed E-state index contributed by atoms with van der Waals surface area (Å²) in [6.07, 6.45) is 0. The molecule has 0 spiro atoms. The Morgan fingerprint density at radius 3 is 2.59 bits per heavy atom. The van der Waals surface area contributed by atoms with Gasteiger partial charge >= 0.3 is 0 Å². The molecule has 7 heteroatoms. The average molecular weight is 500 g/mol. The Morgan fingerprint density at radius 1 is 1.09 bits per heavy atom. The van der Waals surface area contributed by atoms with Crippen LogP contribution < -0.4 is 9.64 Å². The van der Waals surface area contributed by atoms with Crippen molar-refractivity contribution in [3.05, 3.63) is 87.7 Å². The largest absolute Gasteiger partial charge is 0.491 e. The van der Waals surface area contributed by atoms with Crippen molar-refractivity contribution in [2.75, 3.05) is 44.3 Å². The summed E-state index contributed by atoms with van der Waals surface area (Å²) < 4.78 is 5.53. The summed E-state index contributed by atoms with van der Waals surface area (Å²) in [5, 5.41) is 10.4. The van der Waals surface area contributed by atoms with Crippen LogP contribution in [0.3, 0.4) is 0 Å². The SMILES string of the molecule is Cc1cccc([C@@H](C)CN2CCN(c3ccc(OCCO)cc3Cl)[C@H](c3ccc(Cl)cc3)C2)n1. The first kappa shape index (κ1) is 24.8. The summed E-state index contributed by atoms with van der Waals surface area (Å²) in [7, 11) is 0. The molecule has 0 unspecified atom stereocenters. The number of nitrogens with zero attached hydrogens (tertiary/aromatic N) is 3. The maximum Gasteiger partial charge on any atom is 0.121 e. The van der Waals surface area contributed by atoms with E-state index in [1.54, 1.807) is 0 Å². The van der Waals surface area contributed by atoms with Crippen LogP contribution in [0.2, 0.25) is 10.0 Å². The van der Waals surface area contributed by atoms with Gasteiger partial charge in [-0.05, 0) is 48.9 Å². The Labute approximate surface area is 211 Å². The lowest BCUT2D eigenvalue weighted by Gasteiger charge is -2.44. The van der Waals surface area contributed by atoms with Crippen LogP contribution in [0.25, 0.3) is 0 Å². The van der Waals surface area contributed by atoms with Crippen LogP contribution in [0.4, 0.5) is 5.69 Å². The van der Waals surface area contributed by atoms with Gasteiger partial charge in [-0.1, -0.05) is 48.3 Å². The van der Waals surface area contributed by atoms with Crippen LogP contribution in [0.15, 0.2) is 60.7 Å². The fraction of sp³-hybridized carbons (Fsp3) is 0.370. The Kier molecular flexibility index (Phi) is 8.32. The lowest BCUT2D eigenvalue weighted by molar-refractivity contribution is 0.201. The highest BCUT2D eigenvalue weighted by Crippen LogP contribution is 2.37. The molecule has 2 heterocycles. The molecular weight excluding hydrogens is 469 g/mol. The molecule has 0 amide bonds. The van der Waals surface area contributed by atoms with E-state index in [0.29, 0.717) is 16.7 Å². The molecule has 1 aliphatic heterocycles. The predicted octanol–water partition coefficient (Wildman–Crippen LogP) is 5.73. The number of aromatic nitrogens is 1. The Morgan fingerprint density at radius 2 is 1.88 bits per heavy atom. The molecular formula is C27H31Cl2N3O2. The lowest BCUT2D eigenvalue weighted by atomic mass is 9.99. The number of ether oxygens (including phenoxy) is 1. The van der Waals surface area contributed by atoms with Gasteiger partial charge in [0.1, 0.15) is 12.4 Å². The maximum atomic E-state index is 9.02. The number of piperazine rings is 1. The quantitative estimate of drug-likeness (QED) is 0.428. The average Bonchev–Trinajstić information content (AvgIpc) is 2.83. The summed E-state index contributed by atoms with van der Waals surface area (Å²) in [4.78, 5) is 9.61. The smallest absolute Gasteiger partial charge is 0.121 e. The minimum Gasteiger partial charge on any atom is -0.491 e. The number of halogens is 2. The molecule has 0 saturated carbocycles. The summed E-state index contributed by atoms with van der Waals surface area (Å²) in [5.41, 5.74) is 4.36. The molecule has 2 aromatic carbocycles. The molecule has 180 valence electrons. The number of hydrogen-bond acceptors (Lipinski definition) is 5. The molecule has 4 rings (SSSR count). The second-order valence-corrected chi connectivity index (χ2v) is 9.65. The molecule has 3 aromatic rings. The van der Waals surface area contributed by atoms with Crippen LogP contribution >= 0.6 is 23.2 Å². The number of pyridine rings is 1. The lowest BCUT2D eigenvalue weighted by Crippen LogP contribution is -2.49. The minimum absolute atomic E-state index is 0.0313. The van der Waals surface area contributed by atoms with Gasteiger partial charge in [0.2, 0.25) is 0 Å². The second-order valence-electron chi connectivity index (χ2n) is 8.81. The van der Waals surface area contributed by atoms with Crippen LogP contribution in [-0.2, 0) is 0 Å². The van der Waals surface area contributed by atoms with E-state index < -0.39 is 0 Å². The molecule has 0 bridgehead atoms. The van der Waals surface area contributed by atoms with Crippen LogP contribution in [0, 0.1) is 6.92 Å². The number of aryl methyl sites for hydroxylation is 1. The van der Waals surface area contributed by atoms with Crippen LogP contribution in [0.1, 0.15) is 35.8 Å². The highest BCUT2D eigenvalue weighted by atomic mass is 35.5. The van der Waals surface area contributed by atoms with E-state index >= 15 is 0 Å². The molecule has 0 aliphatic carbocycles. The van der Waals surface area contributed by atoms with Gasteiger partial charge in [0.15, 0.2) is 0 Å². The molecule has 1 fully saturated rings. The summed E-state index contributed by atoms with van der Waals surface area (Å²) in [6.45, 7) is 8.08. The molecule has 34 heavy (non-hydrogen) atoms. The van der Waals surface area contributed by atoms with Crippen molar-refractivity contribution < 1.29 is 9.84 Å². The Hall–Kier alpha value is -2.31. The van der Waals surface area contributed by atoms with E-state index in [9.17, 15) is 0 Å². The number of aliphatic hydroxyl groups excluding tert-OH is 1. The summed E-state index contributed by atoms with van der Waals surface area (Å²) in [5.74, 6) is 0.993. The van der Waals surface area contributed by atoms with Crippen molar-refractivity contribution in [3.8, 4) is 5.75 Å². The van der Waals surface area contributed by atoms with Crippen molar-refractivity contribution in [1.82, 2.24) is 9.88 Å². The highest BCUT2D eigenvalue weighted by Gasteiger charge is 2.30. The van der Waals surface area contributed by atoms with E-state index in [1.165, 1.54) is 5.56 Å². The number of anilines is 1. The van der Waals surface area contributed by atoms with Crippen molar-refractivity contribution >= 4 is 28.9 Å². The third kappa shape index (κ3) is 6.02. The third-order valence-electron chi connectivity index (χ3n) is 6.25. The van der Waals surface area contributed by atoms with Crippen LogP contribution in [-0.4, -0.2) is 54.4 Å². The zero-order chi connectivity index (χ0) is 24.1. The highest BCUT2D eigenvalue weighted by molar-refractivity contribution is 6.33. The summed E-state index contributed by atoms with van der Waals surface area (Å²) >= 11 is 12.9. The molecule has 1 N–H and O–H groups in total.